The van der Waals surface area contributed by atoms with E-state index in [1.807, 2.05) is 20.8 Å². The Morgan fingerprint density at radius 1 is 1.39 bits per heavy atom. The molecule has 0 aliphatic carbocycles. The van der Waals surface area contributed by atoms with Crippen LogP contribution in [0.1, 0.15) is 33.6 Å². The quantitative estimate of drug-likeness (QED) is 0.653. The van der Waals surface area contributed by atoms with Crippen LogP contribution in [0.4, 0.5) is 4.79 Å². The molecule has 0 fully saturated rings. The fourth-order valence-electron chi connectivity index (χ4n) is 1.50. The summed E-state index contributed by atoms with van der Waals surface area (Å²) in [5.41, 5.74) is 0. The molecule has 0 aliphatic heterocycles. The number of nitrogens with zero attached hydrogens (tertiary/aromatic N) is 1. The van der Waals surface area contributed by atoms with Crippen LogP contribution in [0.2, 0.25) is 0 Å². The fourth-order valence-corrected chi connectivity index (χ4v) is 1.50. The van der Waals surface area contributed by atoms with Crippen LogP contribution in [0, 0.1) is 5.92 Å². The van der Waals surface area contributed by atoms with Gasteiger partial charge >= 0.3 is 12.0 Å². The second kappa shape index (κ2) is 8.55. The number of nitrogens with one attached hydrogen (secondary N) is 1. The number of carboxylic acids is 1. The van der Waals surface area contributed by atoms with Gasteiger partial charge in [-0.05, 0) is 26.2 Å². The van der Waals surface area contributed by atoms with Crippen LogP contribution in [0.3, 0.4) is 0 Å². The summed E-state index contributed by atoms with van der Waals surface area (Å²) in [5, 5.41) is 11.4. The molecule has 2 amide bonds. The van der Waals surface area contributed by atoms with Crippen LogP contribution in [0.5, 0.6) is 0 Å². The van der Waals surface area contributed by atoms with E-state index in [1.165, 1.54) is 0 Å². The molecule has 2 N–H and O–H groups in total. The number of aliphatic carboxylic acids is 1. The summed E-state index contributed by atoms with van der Waals surface area (Å²) in [6.07, 6.45) is 2.39. The lowest BCUT2D eigenvalue weighted by molar-refractivity contribution is -0.137. The first kappa shape index (κ1) is 16.5. The zero-order valence-corrected chi connectivity index (χ0v) is 11.5. The Kier molecular flexibility index (Phi) is 7.83. The summed E-state index contributed by atoms with van der Waals surface area (Å²) >= 11 is 0. The van der Waals surface area contributed by atoms with Crippen molar-refractivity contribution in [3.05, 3.63) is 12.7 Å². The molecule has 0 heterocycles. The van der Waals surface area contributed by atoms with Gasteiger partial charge in [0.25, 0.3) is 0 Å². The molecule has 5 heteroatoms. The van der Waals surface area contributed by atoms with E-state index in [0.717, 1.165) is 0 Å². The highest BCUT2D eigenvalue weighted by Crippen LogP contribution is 2.05. The molecule has 5 nitrogen and oxygen atoms in total. The van der Waals surface area contributed by atoms with E-state index in [1.54, 1.807) is 11.0 Å². The molecule has 0 bridgehead atoms. The Hall–Kier alpha value is -1.52. The van der Waals surface area contributed by atoms with Gasteiger partial charge in [-0.1, -0.05) is 13.0 Å². The minimum atomic E-state index is -0.802. The summed E-state index contributed by atoms with van der Waals surface area (Å²) in [7, 11) is 0. The first-order valence-corrected chi connectivity index (χ1v) is 6.25. The van der Waals surface area contributed by atoms with Gasteiger partial charge in [-0.25, -0.2) is 4.79 Å². The Labute approximate surface area is 109 Å². The van der Waals surface area contributed by atoms with Crippen LogP contribution in [0.25, 0.3) is 0 Å². The summed E-state index contributed by atoms with van der Waals surface area (Å²) in [6, 6.07) is -0.0237. The third kappa shape index (κ3) is 6.93. The molecule has 0 rings (SSSR count). The van der Waals surface area contributed by atoms with Crippen molar-refractivity contribution in [3.63, 3.8) is 0 Å². The van der Waals surface area contributed by atoms with Crippen molar-refractivity contribution < 1.29 is 14.7 Å². The van der Waals surface area contributed by atoms with E-state index in [4.69, 9.17) is 5.11 Å². The highest BCUT2D eigenvalue weighted by molar-refractivity contribution is 5.74. The predicted molar refractivity (Wildman–Crippen MR) is 71.5 cm³/mol. The third-order valence-corrected chi connectivity index (χ3v) is 2.66. The van der Waals surface area contributed by atoms with E-state index >= 15 is 0 Å². The maximum absolute atomic E-state index is 11.9. The average molecular weight is 256 g/mol. The van der Waals surface area contributed by atoms with Crippen LogP contribution in [-0.4, -0.2) is 41.1 Å². The molecule has 0 saturated carbocycles. The number of rotatable bonds is 8. The molecule has 104 valence electrons. The lowest BCUT2D eigenvalue weighted by Gasteiger charge is -2.26. The molecular weight excluding hydrogens is 232 g/mol. The number of hydrogen-bond acceptors (Lipinski definition) is 2. The van der Waals surface area contributed by atoms with Crippen molar-refractivity contribution in [2.75, 3.05) is 13.1 Å². The van der Waals surface area contributed by atoms with Gasteiger partial charge < -0.3 is 15.3 Å². The number of urea groups is 1. The largest absolute Gasteiger partial charge is 0.481 e. The standard InChI is InChI=1S/C13H24N2O3/c1-5-8-15(10(2)3)13(18)14-9-11(4)6-7-12(16)17/h5,10-11H,1,6-9H2,2-4H3,(H,14,18)(H,16,17). The molecular formula is C13H24N2O3. The van der Waals surface area contributed by atoms with E-state index < -0.39 is 5.97 Å². The first-order chi connectivity index (χ1) is 8.38. The molecule has 0 radical (unpaired) electrons. The van der Waals surface area contributed by atoms with Crippen LogP contribution in [0.15, 0.2) is 12.7 Å². The third-order valence-electron chi connectivity index (χ3n) is 2.66. The van der Waals surface area contributed by atoms with Gasteiger partial charge in [-0.15, -0.1) is 6.58 Å². The van der Waals surface area contributed by atoms with Crippen molar-refractivity contribution in [2.24, 2.45) is 5.92 Å². The average Bonchev–Trinajstić information content (AvgIpc) is 2.29. The van der Waals surface area contributed by atoms with E-state index in [-0.39, 0.29) is 24.4 Å². The van der Waals surface area contributed by atoms with Gasteiger partial charge in [0.15, 0.2) is 0 Å². The first-order valence-electron chi connectivity index (χ1n) is 6.25. The lowest BCUT2D eigenvalue weighted by atomic mass is 10.1. The molecule has 0 spiro atoms. The normalized spacial score (nSPS) is 12.0. The molecule has 0 aromatic heterocycles. The van der Waals surface area contributed by atoms with Crippen LogP contribution in [-0.2, 0) is 4.79 Å². The topological polar surface area (TPSA) is 69.6 Å². The molecule has 0 aromatic rings. The number of amides is 2. The van der Waals surface area contributed by atoms with Gasteiger partial charge in [0.05, 0.1) is 0 Å². The molecule has 1 atom stereocenters. The Bertz CT molecular complexity index is 290. The monoisotopic (exact) mass is 256 g/mol. The van der Waals surface area contributed by atoms with Crippen LogP contribution < -0.4 is 5.32 Å². The lowest BCUT2D eigenvalue weighted by Crippen LogP contribution is -2.45. The number of carboxylic acid groups (broad SMARTS) is 1. The van der Waals surface area contributed by atoms with E-state index in [0.29, 0.717) is 19.5 Å². The molecule has 0 saturated heterocycles. The Balaban J connectivity index is 4.06. The summed E-state index contributed by atoms with van der Waals surface area (Å²) in [6.45, 7) is 10.4. The predicted octanol–water partition coefficient (Wildman–Crippen LogP) is 2.09. The molecule has 1 unspecified atom stereocenters. The van der Waals surface area contributed by atoms with Crippen LogP contribution >= 0.6 is 0 Å². The summed E-state index contributed by atoms with van der Waals surface area (Å²) in [5.74, 6) is -0.647. The minimum Gasteiger partial charge on any atom is -0.481 e. The van der Waals surface area contributed by atoms with E-state index in [2.05, 4.69) is 11.9 Å². The molecule has 0 aliphatic rings. The SMILES string of the molecule is C=CCN(C(=O)NCC(C)CCC(=O)O)C(C)C. The van der Waals surface area contributed by atoms with Gasteiger partial charge in [-0.2, -0.15) is 0 Å². The fraction of sp³-hybridized carbons (Fsp3) is 0.692. The Morgan fingerprint density at radius 2 is 2.00 bits per heavy atom. The zero-order valence-electron chi connectivity index (χ0n) is 11.5. The second-order valence-electron chi connectivity index (χ2n) is 4.76. The van der Waals surface area contributed by atoms with Gasteiger partial charge in [0.1, 0.15) is 0 Å². The number of hydrogen-bond donors (Lipinski definition) is 2. The van der Waals surface area contributed by atoms with E-state index in [9.17, 15) is 9.59 Å². The summed E-state index contributed by atoms with van der Waals surface area (Å²) < 4.78 is 0. The number of carbonyl (C=O) groups excluding carboxylic acids is 1. The van der Waals surface area contributed by atoms with Gasteiger partial charge in [-0.3, -0.25) is 4.79 Å². The van der Waals surface area contributed by atoms with Crippen molar-refractivity contribution in [3.8, 4) is 0 Å². The Morgan fingerprint density at radius 3 is 2.44 bits per heavy atom. The molecule has 18 heavy (non-hydrogen) atoms. The highest BCUT2D eigenvalue weighted by atomic mass is 16.4. The van der Waals surface area contributed by atoms with Gasteiger partial charge in [0, 0.05) is 25.6 Å². The minimum absolute atomic E-state index is 0.109. The van der Waals surface area contributed by atoms with Gasteiger partial charge in [0.2, 0.25) is 0 Å². The van der Waals surface area contributed by atoms with Crippen molar-refractivity contribution in [2.45, 2.75) is 39.7 Å². The smallest absolute Gasteiger partial charge is 0.317 e. The molecule has 0 aromatic carbocycles. The van der Waals surface area contributed by atoms with Crippen molar-refractivity contribution in [1.29, 1.82) is 0 Å². The zero-order chi connectivity index (χ0) is 14.1. The van der Waals surface area contributed by atoms with Crippen molar-refractivity contribution >= 4 is 12.0 Å². The van der Waals surface area contributed by atoms with Crippen molar-refractivity contribution in [1.82, 2.24) is 10.2 Å². The number of carbonyl (C=O) groups is 2. The maximum atomic E-state index is 11.9. The second-order valence-corrected chi connectivity index (χ2v) is 4.76. The highest BCUT2D eigenvalue weighted by Gasteiger charge is 2.15. The summed E-state index contributed by atoms with van der Waals surface area (Å²) in [4.78, 5) is 24.0. The maximum Gasteiger partial charge on any atom is 0.317 e.